The number of nitrogens with zero attached hydrogens (tertiary/aromatic N) is 3. The number of ether oxygens (including phenoxy) is 1. The van der Waals surface area contributed by atoms with Gasteiger partial charge in [0.1, 0.15) is 11.3 Å². The highest BCUT2D eigenvalue weighted by Crippen LogP contribution is 2.47. The van der Waals surface area contributed by atoms with Crippen molar-refractivity contribution in [3.63, 3.8) is 0 Å². The first-order valence-corrected chi connectivity index (χ1v) is 10.7. The van der Waals surface area contributed by atoms with Gasteiger partial charge in [-0.1, -0.05) is 18.2 Å². The Morgan fingerprint density at radius 1 is 1.16 bits per heavy atom. The smallest absolute Gasteiger partial charge is 0.274 e. The second-order valence-corrected chi connectivity index (χ2v) is 8.79. The van der Waals surface area contributed by atoms with E-state index < -0.39 is 0 Å². The second kappa shape index (κ2) is 5.82. The number of carbonyl (C=O) groups is 1. The molecule has 1 N–H and O–H groups in total. The highest BCUT2D eigenvalue weighted by atomic mass is 16.5. The summed E-state index contributed by atoms with van der Waals surface area (Å²) in [5.74, 6) is 1.04. The first-order valence-electron chi connectivity index (χ1n) is 10.7. The van der Waals surface area contributed by atoms with Crippen molar-refractivity contribution in [1.29, 1.82) is 0 Å². The maximum absolute atomic E-state index is 13.3. The van der Waals surface area contributed by atoms with Gasteiger partial charge in [-0.25, -0.2) is 4.98 Å². The van der Waals surface area contributed by atoms with Gasteiger partial charge >= 0.3 is 0 Å². The Morgan fingerprint density at radius 3 is 2.90 bits per heavy atom. The fourth-order valence-corrected chi connectivity index (χ4v) is 5.60. The maximum Gasteiger partial charge on any atom is 0.274 e. The normalized spacial score (nSPS) is 21.8. The molecule has 1 amide bonds. The fraction of sp³-hybridized carbons (Fsp3) is 0.292. The number of carbonyl (C=O) groups excluding carboxylic acids is 1. The van der Waals surface area contributed by atoms with E-state index in [1.165, 1.54) is 16.7 Å². The largest absolute Gasteiger partial charge is 0.381 e. The summed E-state index contributed by atoms with van der Waals surface area (Å²) >= 11 is 0. The van der Waals surface area contributed by atoms with E-state index in [-0.39, 0.29) is 23.4 Å². The number of rotatable bonds is 1. The number of benzene rings is 2. The maximum atomic E-state index is 13.3. The molecule has 4 aromatic rings. The molecule has 3 aliphatic heterocycles. The Hall–Kier alpha value is -3.45. The number of H-pyrrole nitrogens is 1. The van der Waals surface area contributed by atoms with Crippen LogP contribution in [0.5, 0.6) is 0 Å². The van der Waals surface area contributed by atoms with Crippen molar-refractivity contribution in [3.8, 4) is 0 Å². The van der Waals surface area contributed by atoms with Crippen LogP contribution in [0, 0.1) is 6.92 Å². The number of fused-ring (bicyclic) bond motifs is 8. The van der Waals surface area contributed by atoms with Crippen LogP contribution in [0.4, 0.5) is 0 Å². The standard InChI is InChI=1S/C24H20N4O3/c1-12-3-2-4-14-17(12)10-27-21(14)15-8-19-18(7-16(15)24(27)30)26-23(29)20-9-25-22(28(19)20)13-5-6-31-11-13/h2-4,7-9,13,21H,5-6,10-11H2,1H3,(H,26,29). The average molecular weight is 412 g/mol. The van der Waals surface area contributed by atoms with Gasteiger partial charge in [0.25, 0.3) is 11.5 Å². The summed E-state index contributed by atoms with van der Waals surface area (Å²) in [6.07, 6.45) is 2.53. The third kappa shape index (κ3) is 2.14. The van der Waals surface area contributed by atoms with E-state index >= 15 is 0 Å². The second-order valence-electron chi connectivity index (χ2n) is 8.79. The highest BCUT2D eigenvalue weighted by molar-refractivity contribution is 6.03. The van der Waals surface area contributed by atoms with Crippen LogP contribution in [0.15, 0.2) is 41.3 Å². The predicted octanol–water partition coefficient (Wildman–Crippen LogP) is 3.05. The number of hydrogen-bond acceptors (Lipinski definition) is 4. The minimum absolute atomic E-state index is 0.0218. The van der Waals surface area contributed by atoms with Gasteiger partial charge in [-0.2, -0.15) is 0 Å². The van der Waals surface area contributed by atoms with Gasteiger partial charge in [0, 0.05) is 24.6 Å². The number of aromatic nitrogens is 3. The van der Waals surface area contributed by atoms with E-state index in [1.54, 1.807) is 6.20 Å². The summed E-state index contributed by atoms with van der Waals surface area (Å²) in [4.78, 5) is 35.5. The van der Waals surface area contributed by atoms with Gasteiger partial charge in [0.05, 0.1) is 29.9 Å². The Morgan fingerprint density at radius 2 is 2.06 bits per heavy atom. The van der Waals surface area contributed by atoms with Crippen molar-refractivity contribution in [2.45, 2.75) is 31.8 Å². The monoisotopic (exact) mass is 412 g/mol. The Bertz CT molecular complexity index is 1490. The number of aryl methyl sites for hydroxylation is 1. The van der Waals surface area contributed by atoms with E-state index in [9.17, 15) is 9.59 Å². The average Bonchev–Trinajstić information content (AvgIpc) is 3.52. The van der Waals surface area contributed by atoms with E-state index in [0.717, 1.165) is 23.3 Å². The van der Waals surface area contributed by atoms with E-state index in [1.807, 2.05) is 15.4 Å². The Balaban J connectivity index is 1.53. The van der Waals surface area contributed by atoms with Crippen molar-refractivity contribution in [3.05, 3.63) is 80.5 Å². The molecule has 0 aliphatic carbocycles. The molecule has 7 heteroatoms. The molecule has 7 rings (SSSR count). The SMILES string of the molecule is Cc1cccc2c1CN1C(=O)c3cc4[nH]c(=O)c5cnc(C6CCOC6)n5c4cc3C21. The number of hydrogen-bond donors (Lipinski definition) is 1. The van der Waals surface area contributed by atoms with Crippen LogP contribution in [0.2, 0.25) is 0 Å². The number of aromatic amines is 1. The van der Waals surface area contributed by atoms with Crippen molar-refractivity contribution >= 4 is 22.5 Å². The van der Waals surface area contributed by atoms with E-state index in [2.05, 4.69) is 41.2 Å². The van der Waals surface area contributed by atoms with Gasteiger partial charge in [-0.15, -0.1) is 0 Å². The minimum atomic E-state index is -0.197. The van der Waals surface area contributed by atoms with Crippen LogP contribution in [0.3, 0.4) is 0 Å². The molecule has 2 aromatic heterocycles. The van der Waals surface area contributed by atoms with Crippen LogP contribution >= 0.6 is 0 Å². The first kappa shape index (κ1) is 17.3. The van der Waals surface area contributed by atoms with Crippen molar-refractivity contribution in [1.82, 2.24) is 19.3 Å². The van der Waals surface area contributed by atoms with Crippen molar-refractivity contribution in [2.24, 2.45) is 0 Å². The van der Waals surface area contributed by atoms with E-state index in [0.29, 0.717) is 36.4 Å². The zero-order chi connectivity index (χ0) is 20.9. The Kier molecular flexibility index (Phi) is 3.24. The fourth-order valence-electron chi connectivity index (χ4n) is 5.60. The molecule has 2 aromatic carbocycles. The number of nitrogens with one attached hydrogen (secondary N) is 1. The third-order valence-electron chi connectivity index (χ3n) is 7.14. The lowest BCUT2D eigenvalue weighted by Gasteiger charge is -2.16. The van der Waals surface area contributed by atoms with Gasteiger partial charge in [0.2, 0.25) is 0 Å². The molecule has 2 unspecified atom stereocenters. The molecule has 7 nitrogen and oxygen atoms in total. The molecular weight excluding hydrogens is 392 g/mol. The molecule has 0 saturated carbocycles. The first-order chi connectivity index (χ1) is 15.1. The molecule has 31 heavy (non-hydrogen) atoms. The third-order valence-corrected chi connectivity index (χ3v) is 7.14. The van der Waals surface area contributed by atoms with Crippen molar-refractivity contribution in [2.75, 3.05) is 13.2 Å². The molecule has 2 atom stereocenters. The Labute approximate surface area is 177 Å². The van der Waals surface area contributed by atoms with Gasteiger partial charge in [-0.3, -0.25) is 14.0 Å². The zero-order valence-corrected chi connectivity index (χ0v) is 17.0. The predicted molar refractivity (Wildman–Crippen MR) is 114 cm³/mol. The van der Waals surface area contributed by atoms with Crippen LogP contribution in [-0.4, -0.2) is 38.4 Å². The molecule has 0 spiro atoms. The molecule has 1 saturated heterocycles. The molecule has 154 valence electrons. The summed E-state index contributed by atoms with van der Waals surface area (Å²) in [6.45, 7) is 4.04. The summed E-state index contributed by atoms with van der Waals surface area (Å²) < 4.78 is 7.54. The van der Waals surface area contributed by atoms with Gasteiger partial charge < -0.3 is 14.6 Å². The zero-order valence-electron chi connectivity index (χ0n) is 17.0. The van der Waals surface area contributed by atoms with Gasteiger partial charge in [0.15, 0.2) is 0 Å². The summed E-state index contributed by atoms with van der Waals surface area (Å²) in [6, 6.07) is 10.1. The van der Waals surface area contributed by atoms with E-state index in [4.69, 9.17) is 4.74 Å². The minimum Gasteiger partial charge on any atom is -0.381 e. The lowest BCUT2D eigenvalue weighted by Crippen LogP contribution is -2.22. The van der Waals surface area contributed by atoms with Crippen LogP contribution in [0.1, 0.15) is 56.8 Å². The summed E-state index contributed by atoms with van der Waals surface area (Å²) in [5, 5.41) is 0. The van der Waals surface area contributed by atoms with Crippen LogP contribution in [-0.2, 0) is 11.3 Å². The lowest BCUT2D eigenvalue weighted by molar-refractivity contribution is 0.0759. The molecule has 0 radical (unpaired) electrons. The van der Waals surface area contributed by atoms with Crippen molar-refractivity contribution < 1.29 is 9.53 Å². The molecule has 0 bridgehead atoms. The topological polar surface area (TPSA) is 79.7 Å². The molecule has 1 fully saturated rings. The molecule has 5 heterocycles. The number of amides is 1. The lowest BCUT2D eigenvalue weighted by atomic mass is 9.94. The summed E-state index contributed by atoms with van der Waals surface area (Å²) in [5.41, 5.74) is 7.19. The van der Waals surface area contributed by atoms with Gasteiger partial charge in [-0.05, 0) is 47.7 Å². The number of imidazole rings is 1. The highest BCUT2D eigenvalue weighted by Gasteiger charge is 2.43. The quantitative estimate of drug-likeness (QED) is 0.521. The van der Waals surface area contributed by atoms with Crippen LogP contribution < -0.4 is 5.56 Å². The summed E-state index contributed by atoms with van der Waals surface area (Å²) in [7, 11) is 0. The van der Waals surface area contributed by atoms with Crippen LogP contribution in [0.25, 0.3) is 16.6 Å². The molecular formula is C24H20N4O3. The molecule has 3 aliphatic rings.